The number of ether oxygens (including phenoxy) is 1. The standard InChI is InChI=1S/C22H26Cl2FN3O4/c1-21(6-2-3-7-21)18(16-14(25)5-4-13(23)17(16)24)26-15(29)12-28-19(30)22(27-20(28)31)8-10-32-11-9-22/h4-5,18H,2-3,6-12H2,1H3,(H,26,29)(H,27,31)/t18-/m1/s1. The third-order valence-corrected chi connectivity index (χ3v) is 7.83. The molecular weight excluding hydrogens is 460 g/mol. The van der Waals surface area contributed by atoms with E-state index in [-0.39, 0.29) is 15.6 Å². The molecule has 0 radical (unpaired) electrons. The Hall–Kier alpha value is -1.90. The van der Waals surface area contributed by atoms with Crippen LogP contribution in [0.1, 0.15) is 57.1 Å². The largest absolute Gasteiger partial charge is 0.381 e. The molecule has 1 aliphatic carbocycles. The van der Waals surface area contributed by atoms with Crippen molar-refractivity contribution in [3.63, 3.8) is 0 Å². The van der Waals surface area contributed by atoms with Gasteiger partial charge in [-0.2, -0.15) is 0 Å². The molecule has 1 spiro atoms. The van der Waals surface area contributed by atoms with Crippen molar-refractivity contribution in [1.82, 2.24) is 15.5 Å². The van der Waals surface area contributed by atoms with E-state index in [2.05, 4.69) is 10.6 Å². The Balaban J connectivity index is 1.57. The van der Waals surface area contributed by atoms with Crippen LogP contribution >= 0.6 is 23.2 Å². The van der Waals surface area contributed by atoms with Gasteiger partial charge in [0, 0.05) is 31.6 Å². The molecule has 0 bridgehead atoms. The number of urea groups is 1. The number of carbonyl (C=O) groups excluding carboxylic acids is 3. The zero-order valence-corrected chi connectivity index (χ0v) is 19.3. The second-order valence-electron chi connectivity index (χ2n) is 9.13. The summed E-state index contributed by atoms with van der Waals surface area (Å²) in [5.74, 6) is -1.56. The predicted molar refractivity (Wildman–Crippen MR) is 117 cm³/mol. The lowest BCUT2D eigenvalue weighted by atomic mass is 9.77. The first-order valence-corrected chi connectivity index (χ1v) is 11.6. The van der Waals surface area contributed by atoms with Crippen molar-refractivity contribution in [1.29, 1.82) is 0 Å². The van der Waals surface area contributed by atoms with Crippen molar-refractivity contribution in [2.75, 3.05) is 19.8 Å². The number of hydrogen-bond donors (Lipinski definition) is 2. The first-order valence-electron chi connectivity index (χ1n) is 10.8. The summed E-state index contributed by atoms with van der Waals surface area (Å²) < 4.78 is 20.2. The van der Waals surface area contributed by atoms with Gasteiger partial charge in [-0.25, -0.2) is 9.18 Å². The van der Waals surface area contributed by atoms with Gasteiger partial charge in [0.15, 0.2) is 0 Å². The molecule has 7 nitrogen and oxygen atoms in total. The molecule has 10 heteroatoms. The van der Waals surface area contributed by atoms with E-state index in [1.165, 1.54) is 12.1 Å². The minimum atomic E-state index is -1.02. The number of amides is 4. The summed E-state index contributed by atoms with van der Waals surface area (Å²) in [6, 6.07) is 1.25. The van der Waals surface area contributed by atoms with E-state index in [0.717, 1.165) is 30.6 Å². The number of nitrogens with one attached hydrogen (secondary N) is 2. The molecule has 2 aliphatic heterocycles. The van der Waals surface area contributed by atoms with Crippen LogP contribution in [0, 0.1) is 11.2 Å². The van der Waals surface area contributed by atoms with Crippen molar-refractivity contribution in [2.45, 2.75) is 57.0 Å². The van der Waals surface area contributed by atoms with Gasteiger partial charge in [0.25, 0.3) is 5.91 Å². The zero-order valence-electron chi connectivity index (χ0n) is 17.8. The Bertz CT molecular complexity index is 945. The zero-order chi connectivity index (χ0) is 23.1. The lowest BCUT2D eigenvalue weighted by Gasteiger charge is -2.36. The van der Waals surface area contributed by atoms with E-state index in [1.807, 2.05) is 6.92 Å². The van der Waals surface area contributed by atoms with Crippen LogP contribution in [0.4, 0.5) is 9.18 Å². The number of halogens is 3. The highest BCUT2D eigenvalue weighted by Gasteiger charge is 2.52. The van der Waals surface area contributed by atoms with Gasteiger partial charge in [-0.15, -0.1) is 0 Å². The second kappa shape index (κ2) is 8.80. The molecule has 4 amide bonds. The van der Waals surface area contributed by atoms with Crippen LogP contribution < -0.4 is 10.6 Å². The van der Waals surface area contributed by atoms with Crippen LogP contribution in [-0.4, -0.2) is 48.0 Å². The summed E-state index contributed by atoms with van der Waals surface area (Å²) in [5.41, 5.74) is -1.33. The van der Waals surface area contributed by atoms with Crippen molar-refractivity contribution >= 4 is 41.0 Å². The highest BCUT2D eigenvalue weighted by atomic mass is 35.5. The van der Waals surface area contributed by atoms with Gasteiger partial charge in [-0.3, -0.25) is 14.5 Å². The van der Waals surface area contributed by atoms with E-state index in [1.54, 1.807) is 0 Å². The monoisotopic (exact) mass is 485 g/mol. The van der Waals surface area contributed by atoms with Crippen molar-refractivity contribution in [3.8, 4) is 0 Å². The van der Waals surface area contributed by atoms with E-state index < -0.39 is 47.2 Å². The van der Waals surface area contributed by atoms with Crippen LogP contribution in [0.15, 0.2) is 12.1 Å². The van der Waals surface area contributed by atoms with Crippen LogP contribution in [0.25, 0.3) is 0 Å². The summed E-state index contributed by atoms with van der Waals surface area (Å²) in [5, 5.41) is 5.84. The van der Waals surface area contributed by atoms with Crippen LogP contribution in [0.2, 0.25) is 10.0 Å². The van der Waals surface area contributed by atoms with Gasteiger partial charge in [0.1, 0.15) is 17.9 Å². The van der Waals surface area contributed by atoms with Crippen molar-refractivity contribution in [3.05, 3.63) is 33.6 Å². The third kappa shape index (κ3) is 4.08. The minimum Gasteiger partial charge on any atom is -0.381 e. The molecule has 0 aromatic heterocycles. The first-order chi connectivity index (χ1) is 15.2. The molecule has 3 aliphatic rings. The molecule has 2 saturated heterocycles. The minimum absolute atomic E-state index is 0.0567. The summed E-state index contributed by atoms with van der Waals surface area (Å²) in [6.07, 6.45) is 4.15. The summed E-state index contributed by atoms with van der Waals surface area (Å²) in [6.45, 7) is 2.24. The summed E-state index contributed by atoms with van der Waals surface area (Å²) >= 11 is 12.5. The Morgan fingerprint density at radius 2 is 1.88 bits per heavy atom. The fraction of sp³-hybridized carbons (Fsp3) is 0.591. The second-order valence-corrected chi connectivity index (χ2v) is 9.92. The Morgan fingerprint density at radius 3 is 2.53 bits per heavy atom. The Labute approximate surface area is 195 Å². The van der Waals surface area contributed by atoms with Crippen LogP contribution in [-0.2, 0) is 14.3 Å². The average Bonchev–Trinajstić information content (AvgIpc) is 3.29. The van der Waals surface area contributed by atoms with E-state index >= 15 is 0 Å². The molecule has 174 valence electrons. The van der Waals surface area contributed by atoms with E-state index in [0.29, 0.717) is 26.1 Å². The van der Waals surface area contributed by atoms with Crippen molar-refractivity contribution in [2.24, 2.45) is 5.41 Å². The maximum atomic E-state index is 14.9. The van der Waals surface area contributed by atoms with Gasteiger partial charge in [-0.05, 0) is 30.4 Å². The molecule has 32 heavy (non-hydrogen) atoms. The van der Waals surface area contributed by atoms with Gasteiger partial charge in [0.05, 0.1) is 16.1 Å². The Morgan fingerprint density at radius 1 is 1.22 bits per heavy atom. The quantitative estimate of drug-likeness (QED) is 0.487. The molecule has 0 unspecified atom stereocenters. The highest BCUT2D eigenvalue weighted by Crippen LogP contribution is 2.50. The molecule has 2 heterocycles. The smallest absolute Gasteiger partial charge is 0.325 e. The van der Waals surface area contributed by atoms with Crippen LogP contribution in [0.3, 0.4) is 0 Å². The topological polar surface area (TPSA) is 87.7 Å². The summed E-state index contributed by atoms with van der Waals surface area (Å²) in [7, 11) is 0. The summed E-state index contributed by atoms with van der Waals surface area (Å²) in [4.78, 5) is 39.4. The maximum absolute atomic E-state index is 14.9. The number of hydrogen-bond acceptors (Lipinski definition) is 4. The number of benzene rings is 1. The van der Waals surface area contributed by atoms with E-state index in [4.69, 9.17) is 27.9 Å². The Kier molecular flexibility index (Phi) is 6.40. The predicted octanol–water partition coefficient (Wildman–Crippen LogP) is 3.97. The molecule has 1 aromatic carbocycles. The lowest BCUT2D eigenvalue weighted by molar-refractivity contribution is -0.137. The molecular formula is C22H26Cl2FN3O4. The number of nitrogens with zero attached hydrogens (tertiary/aromatic N) is 1. The van der Waals surface area contributed by atoms with Gasteiger partial charge in [0.2, 0.25) is 5.91 Å². The molecule has 3 fully saturated rings. The van der Waals surface area contributed by atoms with Crippen LogP contribution in [0.5, 0.6) is 0 Å². The number of imide groups is 1. The normalized spacial score (nSPS) is 22.8. The highest BCUT2D eigenvalue weighted by molar-refractivity contribution is 6.42. The van der Waals surface area contributed by atoms with Gasteiger partial charge >= 0.3 is 6.03 Å². The maximum Gasteiger partial charge on any atom is 0.325 e. The fourth-order valence-electron chi connectivity index (χ4n) is 5.10. The first kappa shape index (κ1) is 23.3. The van der Waals surface area contributed by atoms with E-state index in [9.17, 15) is 18.8 Å². The van der Waals surface area contributed by atoms with Crippen molar-refractivity contribution < 1.29 is 23.5 Å². The fourth-order valence-corrected chi connectivity index (χ4v) is 5.53. The molecule has 1 aromatic rings. The SMILES string of the molecule is CC1([C@H](NC(=O)CN2C(=O)NC3(CCOCC3)C2=O)c2c(F)ccc(Cl)c2Cl)CCCC1. The molecule has 1 atom stereocenters. The molecule has 2 N–H and O–H groups in total. The number of rotatable bonds is 5. The van der Waals surface area contributed by atoms with Gasteiger partial charge in [-0.1, -0.05) is 43.0 Å². The average molecular weight is 486 g/mol. The lowest BCUT2D eigenvalue weighted by Crippen LogP contribution is -2.51. The number of carbonyl (C=O) groups is 3. The molecule has 1 saturated carbocycles. The van der Waals surface area contributed by atoms with Gasteiger partial charge < -0.3 is 15.4 Å². The third-order valence-electron chi connectivity index (χ3n) is 7.01. The molecule has 4 rings (SSSR count).